The van der Waals surface area contributed by atoms with Gasteiger partial charge in [0.1, 0.15) is 0 Å². The van der Waals surface area contributed by atoms with Crippen LogP contribution in [0, 0.1) is 0 Å². The standard InChI is InChI=1S/C13H18N4O4S/c1-16-11-8-17(9-12(11)21-5-6-22(16,19)20)13(18)15-10-3-2-4-14-7-10/h2-4,7,11-12H,5-6,8-9H2,1H3,(H,15,18)/t11-,12+/m1/s1. The molecular formula is C13H18N4O4S. The molecule has 0 saturated carbocycles. The van der Waals surface area contributed by atoms with Crippen LogP contribution < -0.4 is 5.32 Å². The predicted molar refractivity (Wildman–Crippen MR) is 79.9 cm³/mol. The second kappa shape index (κ2) is 5.82. The molecule has 9 heteroatoms. The fourth-order valence-corrected chi connectivity index (χ4v) is 3.94. The number of pyridine rings is 1. The van der Waals surface area contributed by atoms with Gasteiger partial charge in [-0.25, -0.2) is 13.2 Å². The first-order chi connectivity index (χ1) is 10.5. The van der Waals surface area contributed by atoms with Crippen molar-refractivity contribution in [2.75, 3.05) is 37.8 Å². The van der Waals surface area contributed by atoms with Gasteiger partial charge < -0.3 is 15.0 Å². The van der Waals surface area contributed by atoms with Crippen LogP contribution in [0.5, 0.6) is 0 Å². The Morgan fingerprint density at radius 3 is 3.00 bits per heavy atom. The average molecular weight is 326 g/mol. The number of amides is 2. The number of anilines is 1. The maximum absolute atomic E-state index is 12.3. The molecule has 0 aromatic carbocycles. The number of fused-ring (bicyclic) bond motifs is 1. The Bertz CT molecular complexity index is 651. The molecule has 3 rings (SSSR count). The summed E-state index contributed by atoms with van der Waals surface area (Å²) >= 11 is 0. The van der Waals surface area contributed by atoms with Crippen molar-refractivity contribution in [2.24, 2.45) is 0 Å². The first-order valence-corrected chi connectivity index (χ1v) is 8.61. The Morgan fingerprint density at radius 2 is 2.27 bits per heavy atom. The van der Waals surface area contributed by atoms with E-state index in [2.05, 4.69) is 10.3 Å². The lowest BCUT2D eigenvalue weighted by atomic mass is 10.2. The summed E-state index contributed by atoms with van der Waals surface area (Å²) in [5.41, 5.74) is 0.599. The SMILES string of the molecule is CN1[C@@H]2CN(C(=O)Nc3cccnc3)C[C@@H]2OCCS1(=O)=O. The number of likely N-dealkylation sites (N-methyl/N-ethyl adjacent to an activating group) is 1. The molecule has 1 aromatic heterocycles. The van der Waals surface area contributed by atoms with Gasteiger partial charge in [0.05, 0.1) is 42.9 Å². The zero-order valence-electron chi connectivity index (χ0n) is 12.2. The van der Waals surface area contributed by atoms with Crippen LogP contribution in [0.3, 0.4) is 0 Å². The van der Waals surface area contributed by atoms with Crippen LogP contribution in [0.25, 0.3) is 0 Å². The van der Waals surface area contributed by atoms with E-state index in [4.69, 9.17) is 4.74 Å². The zero-order valence-corrected chi connectivity index (χ0v) is 13.0. The number of hydrogen-bond donors (Lipinski definition) is 1. The minimum atomic E-state index is -3.32. The minimum Gasteiger partial charge on any atom is -0.374 e. The number of nitrogens with zero attached hydrogens (tertiary/aromatic N) is 3. The van der Waals surface area contributed by atoms with Crippen LogP contribution in [0.15, 0.2) is 24.5 Å². The number of urea groups is 1. The monoisotopic (exact) mass is 326 g/mol. The normalized spacial score (nSPS) is 28.0. The summed E-state index contributed by atoms with van der Waals surface area (Å²) in [4.78, 5) is 17.8. The van der Waals surface area contributed by atoms with E-state index in [1.807, 2.05) is 0 Å². The maximum atomic E-state index is 12.3. The third-order valence-corrected chi connectivity index (χ3v) is 5.85. The van der Waals surface area contributed by atoms with E-state index >= 15 is 0 Å². The van der Waals surface area contributed by atoms with Crippen LogP contribution >= 0.6 is 0 Å². The number of carbonyl (C=O) groups excluding carboxylic acids is 1. The van der Waals surface area contributed by atoms with Crippen molar-refractivity contribution in [2.45, 2.75) is 12.1 Å². The number of carbonyl (C=O) groups is 1. The highest BCUT2D eigenvalue weighted by Crippen LogP contribution is 2.24. The van der Waals surface area contributed by atoms with Crippen LogP contribution in [0.1, 0.15) is 0 Å². The van der Waals surface area contributed by atoms with Crippen LogP contribution in [-0.4, -0.2) is 73.3 Å². The fraction of sp³-hybridized carbons (Fsp3) is 0.538. The first-order valence-electron chi connectivity index (χ1n) is 7.00. The smallest absolute Gasteiger partial charge is 0.322 e. The van der Waals surface area contributed by atoms with Gasteiger partial charge in [-0.3, -0.25) is 4.98 Å². The Labute approximate surface area is 129 Å². The van der Waals surface area contributed by atoms with Crippen molar-refractivity contribution in [1.29, 1.82) is 0 Å². The number of likely N-dealkylation sites (tertiary alicyclic amines) is 1. The molecule has 2 saturated heterocycles. The Balaban J connectivity index is 1.70. The molecule has 2 aliphatic rings. The molecule has 0 aliphatic carbocycles. The van der Waals surface area contributed by atoms with E-state index < -0.39 is 10.0 Å². The minimum absolute atomic E-state index is 0.0155. The third-order valence-electron chi connectivity index (χ3n) is 4.02. The molecule has 2 atom stereocenters. The van der Waals surface area contributed by atoms with Crippen molar-refractivity contribution in [3.8, 4) is 0 Å². The number of hydrogen-bond acceptors (Lipinski definition) is 5. The van der Waals surface area contributed by atoms with E-state index in [1.54, 1.807) is 36.5 Å². The molecule has 120 valence electrons. The number of rotatable bonds is 1. The second-order valence-corrected chi connectivity index (χ2v) is 7.53. The molecule has 3 heterocycles. The summed E-state index contributed by atoms with van der Waals surface area (Å²) in [7, 11) is -1.77. The summed E-state index contributed by atoms with van der Waals surface area (Å²) in [6.45, 7) is 0.842. The molecule has 2 amide bonds. The lowest BCUT2D eigenvalue weighted by molar-refractivity contribution is 0.0517. The quantitative estimate of drug-likeness (QED) is 0.782. The van der Waals surface area contributed by atoms with Crippen LogP contribution in [0.2, 0.25) is 0 Å². The van der Waals surface area contributed by atoms with Crippen LogP contribution in [0.4, 0.5) is 10.5 Å². The molecule has 0 radical (unpaired) electrons. The lowest BCUT2D eigenvalue weighted by Crippen LogP contribution is -2.43. The predicted octanol–water partition coefficient (Wildman–Crippen LogP) is -0.0419. The van der Waals surface area contributed by atoms with Gasteiger partial charge >= 0.3 is 6.03 Å². The van der Waals surface area contributed by atoms with Gasteiger partial charge in [-0.05, 0) is 12.1 Å². The highest BCUT2D eigenvalue weighted by Gasteiger charge is 2.43. The van der Waals surface area contributed by atoms with Gasteiger partial charge in [0.25, 0.3) is 0 Å². The van der Waals surface area contributed by atoms with Crippen molar-refractivity contribution >= 4 is 21.7 Å². The molecule has 0 unspecified atom stereocenters. The van der Waals surface area contributed by atoms with Gasteiger partial charge in [-0.1, -0.05) is 0 Å². The number of nitrogens with one attached hydrogen (secondary N) is 1. The van der Waals surface area contributed by atoms with E-state index in [0.29, 0.717) is 18.8 Å². The summed E-state index contributed by atoms with van der Waals surface area (Å²) in [6, 6.07) is 2.85. The summed E-state index contributed by atoms with van der Waals surface area (Å²) < 4.78 is 31.0. The number of aromatic nitrogens is 1. The van der Waals surface area contributed by atoms with E-state index in [9.17, 15) is 13.2 Å². The molecule has 2 fully saturated rings. The Morgan fingerprint density at radius 1 is 1.45 bits per heavy atom. The van der Waals surface area contributed by atoms with Crippen LogP contribution in [-0.2, 0) is 14.8 Å². The summed E-state index contributed by atoms with van der Waals surface area (Å²) in [5.74, 6) is -0.0155. The Kier molecular flexibility index (Phi) is 4.02. The largest absolute Gasteiger partial charge is 0.374 e. The van der Waals surface area contributed by atoms with Crippen molar-refractivity contribution in [3.05, 3.63) is 24.5 Å². The highest BCUT2D eigenvalue weighted by molar-refractivity contribution is 7.89. The molecule has 22 heavy (non-hydrogen) atoms. The second-order valence-electron chi connectivity index (χ2n) is 5.39. The maximum Gasteiger partial charge on any atom is 0.322 e. The topological polar surface area (TPSA) is 91.8 Å². The van der Waals surface area contributed by atoms with E-state index in [1.165, 1.54) is 4.31 Å². The summed E-state index contributed by atoms with van der Waals surface area (Å²) in [5, 5.41) is 2.75. The highest BCUT2D eigenvalue weighted by atomic mass is 32.2. The van der Waals surface area contributed by atoms with E-state index in [0.717, 1.165) is 0 Å². The third kappa shape index (κ3) is 2.92. The first kappa shape index (κ1) is 15.2. The lowest BCUT2D eigenvalue weighted by Gasteiger charge is -2.23. The van der Waals surface area contributed by atoms with E-state index in [-0.39, 0.29) is 30.5 Å². The molecule has 8 nitrogen and oxygen atoms in total. The van der Waals surface area contributed by atoms with Gasteiger partial charge in [-0.2, -0.15) is 4.31 Å². The van der Waals surface area contributed by atoms with Crippen molar-refractivity contribution < 1.29 is 17.9 Å². The molecule has 1 aromatic rings. The summed E-state index contributed by atoms with van der Waals surface area (Å²) in [6.07, 6.45) is 2.89. The molecule has 2 aliphatic heterocycles. The molecule has 0 spiro atoms. The fourth-order valence-electron chi connectivity index (χ4n) is 2.73. The molecule has 0 bridgehead atoms. The molecule has 1 N–H and O–H groups in total. The van der Waals surface area contributed by atoms with Crippen molar-refractivity contribution in [3.63, 3.8) is 0 Å². The zero-order chi connectivity index (χ0) is 15.7. The van der Waals surface area contributed by atoms with Gasteiger partial charge in [0.15, 0.2) is 0 Å². The van der Waals surface area contributed by atoms with Gasteiger partial charge in [-0.15, -0.1) is 0 Å². The number of sulfonamides is 1. The van der Waals surface area contributed by atoms with Gasteiger partial charge in [0, 0.05) is 19.8 Å². The van der Waals surface area contributed by atoms with Gasteiger partial charge in [0.2, 0.25) is 10.0 Å². The van der Waals surface area contributed by atoms with Crippen molar-refractivity contribution in [1.82, 2.24) is 14.2 Å². The molecular weight excluding hydrogens is 308 g/mol. The average Bonchev–Trinajstić information content (AvgIpc) is 2.87. The number of ether oxygens (including phenoxy) is 1. The Hall–Kier alpha value is -1.71.